The monoisotopic (exact) mass is 376 g/mol. The number of hydrogen-bond donors (Lipinski definition) is 0. The van der Waals surface area contributed by atoms with Gasteiger partial charge in [-0.1, -0.05) is 0 Å². The van der Waals surface area contributed by atoms with Crippen LogP contribution in [0.4, 0.5) is 0 Å². The fraction of sp³-hybridized carbons (Fsp3) is 0.273. The van der Waals surface area contributed by atoms with Crippen LogP contribution in [0.25, 0.3) is 12.2 Å². The average Bonchev–Trinajstić information content (AvgIpc) is 3.19. The summed E-state index contributed by atoms with van der Waals surface area (Å²) in [6.45, 7) is 0. The topological polar surface area (TPSA) is 0 Å². The van der Waals surface area contributed by atoms with Gasteiger partial charge in [-0.25, -0.2) is 0 Å². The number of fused-ring (bicyclic) bond motifs is 2. The first kappa shape index (κ1) is 15.3. The Morgan fingerprint density at radius 2 is 1.35 bits per heavy atom. The molecule has 0 heterocycles. The minimum absolute atomic E-state index is 0.233. The molecule has 0 nitrogen and oxygen atoms in total. The third-order valence-electron chi connectivity index (χ3n) is 5.04. The summed E-state index contributed by atoms with van der Waals surface area (Å²) in [5.74, 6) is 1.41. The zero-order valence-corrected chi connectivity index (χ0v) is 15.9. The van der Waals surface area contributed by atoms with Gasteiger partial charge < -0.3 is 0 Å². The SMILES string of the molecule is C1=CC(CC[CH2][Zr][CH2]C2C=Cc3ccccc32)c2ccccc21. The van der Waals surface area contributed by atoms with Gasteiger partial charge in [-0.2, -0.15) is 0 Å². The molecule has 1 heteroatoms. The molecule has 114 valence electrons. The summed E-state index contributed by atoms with van der Waals surface area (Å²) >= 11 is -0.233. The minimum atomic E-state index is -0.233. The number of allylic oxidation sites excluding steroid dienone is 2. The van der Waals surface area contributed by atoms with Crippen molar-refractivity contribution in [3.05, 3.63) is 82.9 Å². The Bertz CT molecular complexity index is 678. The Morgan fingerprint density at radius 3 is 2.09 bits per heavy atom. The van der Waals surface area contributed by atoms with Crippen LogP contribution in [-0.2, 0) is 23.2 Å². The standard InChI is InChI=1S/C12H13.C10H9.Zr/c1-2-5-10-8-9-11-6-3-4-7-12(10)11;1-8-6-7-9-4-2-3-5-10(8)9;/h3-4,6-10H,1-2,5H2;2-8H,1H2;. The Hall–Kier alpha value is -1.20. The molecular formula is C22H22Zr. The van der Waals surface area contributed by atoms with Crippen molar-refractivity contribution < 1.29 is 23.2 Å². The van der Waals surface area contributed by atoms with Crippen LogP contribution in [0, 0.1) is 0 Å². The molecule has 2 aliphatic rings. The molecule has 0 radical (unpaired) electrons. The van der Waals surface area contributed by atoms with Gasteiger partial charge in [-0.15, -0.1) is 0 Å². The van der Waals surface area contributed by atoms with E-state index < -0.39 is 0 Å². The molecule has 0 aromatic heterocycles. The quantitative estimate of drug-likeness (QED) is 0.518. The summed E-state index contributed by atoms with van der Waals surface area (Å²) in [7, 11) is 0. The van der Waals surface area contributed by atoms with Gasteiger partial charge >= 0.3 is 151 Å². The van der Waals surface area contributed by atoms with Crippen molar-refractivity contribution >= 4 is 12.2 Å². The zero-order chi connectivity index (χ0) is 15.5. The first-order chi connectivity index (χ1) is 11.4. The molecule has 0 N–H and O–H groups in total. The Kier molecular flexibility index (Phi) is 4.76. The summed E-state index contributed by atoms with van der Waals surface area (Å²) in [6, 6.07) is 17.8. The summed E-state index contributed by atoms with van der Waals surface area (Å²) in [4.78, 5) is 0. The molecule has 0 amide bonds. The van der Waals surface area contributed by atoms with E-state index in [1.807, 2.05) is 0 Å². The number of benzene rings is 2. The summed E-state index contributed by atoms with van der Waals surface area (Å²) in [5, 5.41) is 0. The van der Waals surface area contributed by atoms with E-state index in [4.69, 9.17) is 0 Å². The molecule has 0 aliphatic heterocycles. The summed E-state index contributed by atoms with van der Waals surface area (Å²) < 4.78 is 2.98. The fourth-order valence-electron chi connectivity index (χ4n) is 3.78. The Labute approximate surface area is 150 Å². The van der Waals surface area contributed by atoms with Crippen LogP contribution in [0.2, 0.25) is 8.26 Å². The van der Waals surface area contributed by atoms with Crippen molar-refractivity contribution in [3.63, 3.8) is 0 Å². The van der Waals surface area contributed by atoms with Crippen LogP contribution in [0.15, 0.2) is 60.7 Å². The van der Waals surface area contributed by atoms with E-state index in [0.717, 1.165) is 5.92 Å². The van der Waals surface area contributed by atoms with E-state index in [0.29, 0.717) is 5.92 Å². The fourth-order valence-corrected chi connectivity index (χ4v) is 7.04. The van der Waals surface area contributed by atoms with Crippen LogP contribution in [0.3, 0.4) is 0 Å². The third-order valence-corrected chi connectivity index (χ3v) is 8.57. The Balaban J connectivity index is 1.22. The second-order valence-corrected chi connectivity index (χ2v) is 10.00. The normalized spacial score (nSPS) is 20.5. The first-order valence-electron chi connectivity index (χ1n) is 8.67. The second kappa shape index (κ2) is 7.14. The van der Waals surface area contributed by atoms with Crippen LogP contribution >= 0.6 is 0 Å². The molecule has 0 saturated carbocycles. The molecule has 2 aromatic carbocycles. The van der Waals surface area contributed by atoms with E-state index >= 15 is 0 Å². The van der Waals surface area contributed by atoms with Crippen molar-refractivity contribution in [2.45, 2.75) is 32.9 Å². The van der Waals surface area contributed by atoms with Gasteiger partial charge in [0.1, 0.15) is 0 Å². The van der Waals surface area contributed by atoms with Crippen LogP contribution in [-0.4, -0.2) is 0 Å². The van der Waals surface area contributed by atoms with Crippen LogP contribution in [0.1, 0.15) is 46.9 Å². The van der Waals surface area contributed by atoms with E-state index in [-0.39, 0.29) is 23.2 Å². The number of rotatable bonds is 6. The third kappa shape index (κ3) is 3.36. The molecule has 23 heavy (non-hydrogen) atoms. The maximum absolute atomic E-state index is 2.43. The predicted molar refractivity (Wildman–Crippen MR) is 95.3 cm³/mol. The van der Waals surface area contributed by atoms with Crippen molar-refractivity contribution in [3.8, 4) is 0 Å². The van der Waals surface area contributed by atoms with E-state index in [1.54, 1.807) is 11.1 Å². The number of hydrogen-bond acceptors (Lipinski definition) is 0. The van der Waals surface area contributed by atoms with Crippen molar-refractivity contribution in [1.29, 1.82) is 0 Å². The Morgan fingerprint density at radius 1 is 0.739 bits per heavy atom. The second-order valence-electron chi connectivity index (χ2n) is 6.54. The molecular weight excluding hydrogens is 355 g/mol. The van der Waals surface area contributed by atoms with Gasteiger partial charge in [0.2, 0.25) is 0 Å². The van der Waals surface area contributed by atoms with Gasteiger partial charge in [-0.05, 0) is 0 Å². The summed E-state index contributed by atoms with van der Waals surface area (Å²) in [6.07, 6.45) is 12.2. The molecule has 4 rings (SSSR count). The predicted octanol–water partition coefficient (Wildman–Crippen LogP) is 6.31. The molecule has 2 aromatic rings. The molecule has 0 bridgehead atoms. The van der Waals surface area contributed by atoms with Crippen LogP contribution < -0.4 is 0 Å². The molecule has 0 saturated heterocycles. The molecule has 2 unspecified atom stereocenters. The van der Waals surface area contributed by atoms with Crippen molar-refractivity contribution in [1.82, 2.24) is 0 Å². The van der Waals surface area contributed by atoms with Gasteiger partial charge in [0, 0.05) is 0 Å². The van der Waals surface area contributed by atoms with E-state index in [2.05, 4.69) is 72.8 Å². The summed E-state index contributed by atoms with van der Waals surface area (Å²) in [5.41, 5.74) is 6.00. The average molecular weight is 378 g/mol. The molecule has 2 atom stereocenters. The molecule has 0 fully saturated rings. The van der Waals surface area contributed by atoms with E-state index in [1.165, 1.54) is 32.2 Å². The van der Waals surface area contributed by atoms with Gasteiger partial charge in [0.05, 0.1) is 0 Å². The van der Waals surface area contributed by atoms with Gasteiger partial charge in [-0.3, -0.25) is 0 Å². The van der Waals surface area contributed by atoms with Crippen molar-refractivity contribution in [2.24, 2.45) is 0 Å². The first-order valence-corrected chi connectivity index (χ1v) is 12.1. The van der Waals surface area contributed by atoms with Gasteiger partial charge in [0.25, 0.3) is 0 Å². The van der Waals surface area contributed by atoms with Crippen molar-refractivity contribution in [2.75, 3.05) is 0 Å². The molecule has 0 spiro atoms. The van der Waals surface area contributed by atoms with Gasteiger partial charge in [0.15, 0.2) is 0 Å². The van der Waals surface area contributed by atoms with E-state index in [9.17, 15) is 0 Å². The molecule has 2 aliphatic carbocycles. The van der Waals surface area contributed by atoms with Crippen LogP contribution in [0.5, 0.6) is 0 Å². The zero-order valence-electron chi connectivity index (χ0n) is 13.4. The maximum atomic E-state index is 2.43.